The molecule has 0 radical (unpaired) electrons. The number of hydrogen-bond donors (Lipinski definition) is 5. The van der Waals surface area contributed by atoms with Gasteiger partial charge in [-0.2, -0.15) is 0 Å². The smallest absolute Gasteiger partial charge is 0.222 e. The predicted molar refractivity (Wildman–Crippen MR) is 140 cm³/mol. The molecule has 9 nitrogen and oxygen atoms in total. The second-order valence-electron chi connectivity index (χ2n) is 9.69. The van der Waals surface area contributed by atoms with Gasteiger partial charge >= 0.3 is 0 Å². The van der Waals surface area contributed by atoms with E-state index in [1.165, 1.54) is 13.8 Å². The van der Waals surface area contributed by atoms with Crippen molar-refractivity contribution in [1.29, 1.82) is 0 Å². The fourth-order valence-electron chi connectivity index (χ4n) is 4.39. The maximum Gasteiger partial charge on any atom is 0.222 e. The zero-order valence-corrected chi connectivity index (χ0v) is 21.7. The lowest BCUT2D eigenvalue weighted by Crippen LogP contribution is -2.47. The number of aliphatic hydroxyl groups excluding tert-OH is 1. The Kier molecular flexibility index (Phi) is 7.87. The van der Waals surface area contributed by atoms with E-state index < -0.39 is 11.7 Å². The van der Waals surface area contributed by atoms with Gasteiger partial charge in [-0.15, -0.1) is 0 Å². The van der Waals surface area contributed by atoms with Crippen LogP contribution >= 0.6 is 11.6 Å². The van der Waals surface area contributed by atoms with Crippen LogP contribution in [0.3, 0.4) is 0 Å². The molecule has 1 saturated heterocycles. The summed E-state index contributed by atoms with van der Waals surface area (Å²) in [7, 11) is 0. The molecule has 36 heavy (non-hydrogen) atoms. The molecule has 0 saturated carbocycles. The summed E-state index contributed by atoms with van der Waals surface area (Å²) in [6.45, 7) is 7.48. The number of fused-ring (bicyclic) bond motifs is 3. The van der Waals surface area contributed by atoms with Crippen LogP contribution in [-0.2, 0) is 4.79 Å². The Bertz CT molecular complexity index is 1120. The van der Waals surface area contributed by atoms with Crippen molar-refractivity contribution in [2.24, 2.45) is 4.99 Å². The van der Waals surface area contributed by atoms with Gasteiger partial charge in [0.25, 0.3) is 0 Å². The summed E-state index contributed by atoms with van der Waals surface area (Å²) in [4.78, 5) is 19.9. The van der Waals surface area contributed by atoms with Crippen molar-refractivity contribution < 1.29 is 19.7 Å². The van der Waals surface area contributed by atoms with Gasteiger partial charge in [0.2, 0.25) is 5.91 Å². The molecule has 1 amide bonds. The standard InChI is InChI=1S/C26H34ClN5O4/c1-5-28-23(34)13-20-25-31-30-15(2)32(25)21-11-10-18(36-14-22(33)26(3,4)35)12-19(21)24(29-20)16-6-8-17(27)9-7-16/h6-12,15,20,22,25,30-31,33,35H,5,13-14H2,1-4H3,(H,28,34). The molecule has 2 heterocycles. The van der Waals surface area contributed by atoms with E-state index in [-0.39, 0.29) is 37.3 Å². The number of carbonyl (C=O) groups is 1. The first kappa shape index (κ1) is 26.4. The Labute approximate surface area is 216 Å². The summed E-state index contributed by atoms with van der Waals surface area (Å²) in [6, 6.07) is 12.7. The molecule has 2 aliphatic heterocycles. The molecular formula is C26H34ClN5O4. The zero-order valence-electron chi connectivity index (χ0n) is 21.0. The Hall–Kier alpha value is -2.69. The van der Waals surface area contributed by atoms with E-state index >= 15 is 0 Å². The first-order chi connectivity index (χ1) is 17.1. The molecule has 4 atom stereocenters. The van der Waals surface area contributed by atoms with Crippen molar-refractivity contribution in [3.8, 4) is 5.75 Å². The molecule has 1 fully saturated rings. The van der Waals surface area contributed by atoms with E-state index in [1.54, 1.807) is 0 Å². The SMILES string of the molecule is CCNC(=O)CC1N=C(c2ccc(Cl)cc2)c2cc(OCC(O)C(C)(C)O)ccc2N2C(C)NNC12. The van der Waals surface area contributed by atoms with Crippen molar-refractivity contribution in [2.45, 2.75) is 64.2 Å². The minimum atomic E-state index is -1.29. The van der Waals surface area contributed by atoms with Crippen molar-refractivity contribution >= 4 is 28.9 Å². The Morgan fingerprint density at radius 1 is 1.25 bits per heavy atom. The molecular weight excluding hydrogens is 482 g/mol. The monoisotopic (exact) mass is 515 g/mol. The number of nitrogens with zero attached hydrogens (tertiary/aromatic N) is 2. The minimum absolute atomic E-state index is 0.0611. The maximum absolute atomic E-state index is 12.6. The van der Waals surface area contributed by atoms with E-state index in [9.17, 15) is 15.0 Å². The topological polar surface area (TPSA) is 118 Å². The van der Waals surface area contributed by atoms with Crippen LogP contribution in [0.2, 0.25) is 5.02 Å². The largest absolute Gasteiger partial charge is 0.491 e. The number of hydrogen-bond acceptors (Lipinski definition) is 8. The van der Waals surface area contributed by atoms with Gasteiger partial charge in [-0.1, -0.05) is 23.7 Å². The number of rotatable bonds is 8. The third-order valence-electron chi connectivity index (χ3n) is 6.43. The lowest BCUT2D eigenvalue weighted by atomic mass is 9.99. The highest BCUT2D eigenvalue weighted by atomic mass is 35.5. The van der Waals surface area contributed by atoms with Gasteiger partial charge in [0.1, 0.15) is 24.6 Å². The molecule has 0 aliphatic carbocycles. The van der Waals surface area contributed by atoms with Crippen molar-refractivity contribution in [1.82, 2.24) is 16.2 Å². The Morgan fingerprint density at radius 2 is 1.97 bits per heavy atom. The maximum atomic E-state index is 12.6. The number of carbonyl (C=O) groups excluding carboxylic acids is 1. The summed E-state index contributed by atoms with van der Waals surface area (Å²) >= 11 is 6.16. The van der Waals surface area contributed by atoms with Gasteiger partial charge in [-0.05, 0) is 58.0 Å². The number of amides is 1. The summed E-state index contributed by atoms with van der Waals surface area (Å²) in [5.74, 6) is 0.462. The lowest BCUT2D eigenvalue weighted by Gasteiger charge is -2.31. The van der Waals surface area contributed by atoms with Crippen LogP contribution in [0.4, 0.5) is 5.69 Å². The van der Waals surface area contributed by atoms with E-state index in [0.29, 0.717) is 23.0 Å². The van der Waals surface area contributed by atoms with Crippen LogP contribution < -0.4 is 25.8 Å². The van der Waals surface area contributed by atoms with Gasteiger partial charge in [-0.3, -0.25) is 9.79 Å². The van der Waals surface area contributed by atoms with Crippen LogP contribution in [-0.4, -0.2) is 65.1 Å². The summed E-state index contributed by atoms with van der Waals surface area (Å²) in [5.41, 5.74) is 8.62. The lowest BCUT2D eigenvalue weighted by molar-refractivity contribution is -0.121. The third kappa shape index (κ3) is 5.66. The highest BCUT2D eigenvalue weighted by molar-refractivity contribution is 6.30. The average Bonchev–Trinajstić information content (AvgIpc) is 3.15. The summed E-state index contributed by atoms with van der Waals surface area (Å²) < 4.78 is 5.87. The number of hydrazine groups is 1. The van der Waals surface area contributed by atoms with E-state index in [2.05, 4.69) is 21.1 Å². The summed E-state index contributed by atoms with van der Waals surface area (Å²) in [6.07, 6.45) is -1.16. The fraction of sp³-hybridized carbons (Fsp3) is 0.462. The predicted octanol–water partition coefficient (Wildman–Crippen LogP) is 2.18. The second-order valence-corrected chi connectivity index (χ2v) is 10.1. The molecule has 4 rings (SSSR count). The number of aliphatic hydroxyl groups is 2. The molecule has 0 aromatic heterocycles. The van der Waals surface area contributed by atoms with Crippen molar-refractivity contribution in [3.63, 3.8) is 0 Å². The van der Waals surface area contributed by atoms with Crippen LogP contribution in [0.15, 0.2) is 47.5 Å². The normalized spacial score (nSPS) is 22.2. The number of aliphatic imine (C=N–C) groups is 1. The van der Waals surface area contributed by atoms with Crippen molar-refractivity contribution in [3.05, 3.63) is 58.6 Å². The number of halogens is 1. The fourth-order valence-corrected chi connectivity index (χ4v) is 4.51. The highest BCUT2D eigenvalue weighted by Gasteiger charge is 2.41. The third-order valence-corrected chi connectivity index (χ3v) is 6.68. The molecule has 2 aromatic rings. The van der Waals surface area contributed by atoms with Crippen LogP contribution in [0, 0.1) is 0 Å². The first-order valence-electron chi connectivity index (χ1n) is 12.2. The highest BCUT2D eigenvalue weighted by Crippen LogP contribution is 2.36. The minimum Gasteiger partial charge on any atom is -0.491 e. The number of ether oxygens (including phenoxy) is 1. The number of nitrogens with one attached hydrogen (secondary N) is 3. The van der Waals surface area contributed by atoms with Crippen LogP contribution in [0.1, 0.15) is 45.2 Å². The average molecular weight is 516 g/mol. The molecule has 2 aromatic carbocycles. The van der Waals surface area contributed by atoms with Gasteiger partial charge in [0.15, 0.2) is 0 Å². The molecule has 4 unspecified atom stereocenters. The van der Waals surface area contributed by atoms with E-state index in [4.69, 9.17) is 21.3 Å². The first-order valence-corrected chi connectivity index (χ1v) is 12.5. The van der Waals surface area contributed by atoms with Crippen LogP contribution in [0.25, 0.3) is 0 Å². The Morgan fingerprint density at radius 3 is 2.64 bits per heavy atom. The quantitative estimate of drug-likeness (QED) is 0.365. The van der Waals surface area contributed by atoms with Gasteiger partial charge in [-0.25, -0.2) is 10.9 Å². The van der Waals surface area contributed by atoms with Gasteiger partial charge < -0.3 is 25.2 Å². The number of benzene rings is 2. The molecule has 5 N–H and O–H groups in total. The summed E-state index contributed by atoms with van der Waals surface area (Å²) in [5, 5.41) is 23.8. The van der Waals surface area contributed by atoms with E-state index in [0.717, 1.165) is 16.8 Å². The van der Waals surface area contributed by atoms with E-state index in [1.807, 2.05) is 56.3 Å². The van der Waals surface area contributed by atoms with Crippen molar-refractivity contribution in [2.75, 3.05) is 18.1 Å². The molecule has 0 spiro atoms. The number of anilines is 1. The van der Waals surface area contributed by atoms with Gasteiger partial charge in [0, 0.05) is 28.4 Å². The molecule has 0 bridgehead atoms. The van der Waals surface area contributed by atoms with Crippen LogP contribution in [0.5, 0.6) is 5.75 Å². The van der Waals surface area contributed by atoms with Gasteiger partial charge in [0.05, 0.1) is 29.9 Å². The molecule has 10 heteroatoms. The zero-order chi connectivity index (χ0) is 26.0. The second kappa shape index (κ2) is 10.7. The Balaban J connectivity index is 1.79. The molecule has 2 aliphatic rings. The molecule has 194 valence electrons.